The van der Waals surface area contributed by atoms with E-state index >= 15 is 0 Å². The minimum atomic E-state index is -1.14. The quantitative estimate of drug-likeness (QED) is 0.855. The van der Waals surface area contributed by atoms with Gasteiger partial charge in [-0.1, -0.05) is 6.92 Å². The number of carbonyl (C=O) groups excluding carboxylic acids is 2. The Bertz CT molecular complexity index is 566. The van der Waals surface area contributed by atoms with Crippen molar-refractivity contribution in [3.63, 3.8) is 0 Å². The maximum Gasteiger partial charge on any atom is 0.338 e. The van der Waals surface area contributed by atoms with Crippen LogP contribution in [0.4, 0.5) is 0 Å². The zero-order chi connectivity index (χ0) is 16.1. The van der Waals surface area contributed by atoms with Crippen LogP contribution < -0.4 is 5.32 Å². The fraction of sp³-hybridized carbons (Fsp3) is 0.533. The van der Waals surface area contributed by atoms with Crippen LogP contribution in [0.3, 0.4) is 0 Å². The highest BCUT2D eigenvalue weighted by Gasteiger charge is 2.30. The summed E-state index contributed by atoms with van der Waals surface area (Å²) in [5.41, 5.74) is -0.0578. The highest BCUT2D eigenvalue weighted by Crippen LogP contribution is 2.20. The van der Waals surface area contributed by atoms with Gasteiger partial charge < -0.3 is 19.7 Å². The van der Waals surface area contributed by atoms with Crippen LogP contribution in [-0.4, -0.2) is 47.4 Å². The first-order chi connectivity index (χ1) is 10.5. The third kappa shape index (κ3) is 3.66. The van der Waals surface area contributed by atoms with Crippen LogP contribution in [0.2, 0.25) is 0 Å². The van der Waals surface area contributed by atoms with Crippen molar-refractivity contribution in [1.29, 1.82) is 0 Å². The van der Waals surface area contributed by atoms with Gasteiger partial charge in [-0.2, -0.15) is 0 Å². The molecule has 0 bridgehead atoms. The number of amides is 2. The molecule has 0 spiro atoms. The van der Waals surface area contributed by atoms with E-state index in [0.717, 1.165) is 25.5 Å². The van der Waals surface area contributed by atoms with Gasteiger partial charge in [-0.25, -0.2) is 4.79 Å². The van der Waals surface area contributed by atoms with Gasteiger partial charge in [0.15, 0.2) is 5.76 Å². The molecule has 120 valence electrons. The molecule has 7 heteroatoms. The van der Waals surface area contributed by atoms with E-state index in [-0.39, 0.29) is 29.1 Å². The van der Waals surface area contributed by atoms with E-state index in [0.29, 0.717) is 19.6 Å². The summed E-state index contributed by atoms with van der Waals surface area (Å²) in [5.74, 6) is -1.78. The Morgan fingerprint density at radius 3 is 2.86 bits per heavy atom. The number of furan rings is 1. The molecule has 2 N–H and O–H groups in total. The lowest BCUT2D eigenvalue weighted by atomic mass is 9.97. The van der Waals surface area contributed by atoms with E-state index in [4.69, 9.17) is 9.52 Å². The monoisotopic (exact) mass is 308 g/mol. The Labute approximate surface area is 128 Å². The van der Waals surface area contributed by atoms with Crippen LogP contribution in [0.15, 0.2) is 16.7 Å². The fourth-order valence-corrected chi connectivity index (χ4v) is 2.48. The van der Waals surface area contributed by atoms with Crippen LogP contribution in [0, 0.1) is 5.92 Å². The smallest absolute Gasteiger partial charge is 0.338 e. The second-order valence-electron chi connectivity index (χ2n) is 5.39. The molecule has 1 aliphatic rings. The summed E-state index contributed by atoms with van der Waals surface area (Å²) in [6, 6.07) is 1.21. The van der Waals surface area contributed by atoms with Gasteiger partial charge >= 0.3 is 5.97 Å². The molecule has 1 fully saturated rings. The van der Waals surface area contributed by atoms with Gasteiger partial charge in [-0.3, -0.25) is 9.59 Å². The average molecular weight is 308 g/mol. The molecule has 0 aromatic carbocycles. The van der Waals surface area contributed by atoms with Gasteiger partial charge in [0.2, 0.25) is 5.91 Å². The summed E-state index contributed by atoms with van der Waals surface area (Å²) in [4.78, 5) is 36.7. The Morgan fingerprint density at radius 1 is 1.45 bits per heavy atom. The lowest BCUT2D eigenvalue weighted by Gasteiger charge is -2.31. The highest BCUT2D eigenvalue weighted by molar-refractivity contribution is 5.95. The zero-order valence-corrected chi connectivity index (χ0v) is 12.5. The molecule has 22 heavy (non-hydrogen) atoms. The number of rotatable bonds is 5. The molecule has 1 saturated heterocycles. The number of carboxylic acids is 1. The standard InChI is InChI=1S/C15H20N2O5/c1-2-5-16-13(18)10-4-3-6-17(8-10)14(19)12-7-11(9-22-12)15(20)21/h7,9-10H,2-6,8H2,1H3,(H,16,18)(H,20,21). The molecule has 2 heterocycles. The van der Waals surface area contributed by atoms with E-state index in [1.165, 1.54) is 6.07 Å². The van der Waals surface area contributed by atoms with Crippen molar-refractivity contribution in [2.24, 2.45) is 5.92 Å². The SMILES string of the molecule is CCCNC(=O)C1CCCN(C(=O)c2cc(C(=O)O)co2)C1. The van der Waals surface area contributed by atoms with Crippen molar-refractivity contribution in [2.45, 2.75) is 26.2 Å². The number of carboxylic acid groups (broad SMARTS) is 1. The molecule has 0 saturated carbocycles. The third-order valence-electron chi connectivity index (χ3n) is 3.69. The first-order valence-electron chi connectivity index (χ1n) is 7.41. The van der Waals surface area contributed by atoms with Crippen molar-refractivity contribution < 1.29 is 23.9 Å². The molecule has 0 aliphatic carbocycles. The molecular formula is C15H20N2O5. The Morgan fingerprint density at radius 2 is 2.23 bits per heavy atom. The van der Waals surface area contributed by atoms with Crippen LogP contribution in [0.1, 0.15) is 47.1 Å². The second kappa shape index (κ2) is 7.11. The van der Waals surface area contributed by atoms with Crippen LogP contribution in [-0.2, 0) is 4.79 Å². The normalized spacial score (nSPS) is 18.0. The Kier molecular flexibility index (Phi) is 5.19. The van der Waals surface area contributed by atoms with E-state index in [9.17, 15) is 14.4 Å². The first kappa shape index (κ1) is 16.1. The minimum Gasteiger partial charge on any atom is -0.478 e. The third-order valence-corrected chi connectivity index (χ3v) is 3.69. The zero-order valence-electron chi connectivity index (χ0n) is 12.5. The second-order valence-corrected chi connectivity index (χ2v) is 5.39. The van der Waals surface area contributed by atoms with Crippen molar-refractivity contribution >= 4 is 17.8 Å². The van der Waals surface area contributed by atoms with Gasteiger partial charge in [0, 0.05) is 25.7 Å². The number of carbonyl (C=O) groups is 3. The molecule has 1 aliphatic heterocycles. The largest absolute Gasteiger partial charge is 0.478 e. The molecule has 7 nitrogen and oxygen atoms in total. The van der Waals surface area contributed by atoms with Gasteiger partial charge in [-0.15, -0.1) is 0 Å². The molecule has 0 radical (unpaired) electrons. The number of aromatic carboxylic acids is 1. The highest BCUT2D eigenvalue weighted by atomic mass is 16.4. The summed E-state index contributed by atoms with van der Waals surface area (Å²) >= 11 is 0. The van der Waals surface area contributed by atoms with Crippen LogP contribution in [0.25, 0.3) is 0 Å². The maximum atomic E-state index is 12.3. The summed E-state index contributed by atoms with van der Waals surface area (Å²) < 4.78 is 5.03. The van der Waals surface area contributed by atoms with Crippen molar-refractivity contribution in [3.8, 4) is 0 Å². The molecule has 1 aromatic heterocycles. The molecular weight excluding hydrogens is 288 g/mol. The van der Waals surface area contributed by atoms with E-state index in [1.54, 1.807) is 4.90 Å². The lowest BCUT2D eigenvalue weighted by molar-refractivity contribution is -0.126. The predicted molar refractivity (Wildman–Crippen MR) is 77.6 cm³/mol. The summed E-state index contributed by atoms with van der Waals surface area (Å²) in [7, 11) is 0. The maximum absolute atomic E-state index is 12.3. The van der Waals surface area contributed by atoms with Crippen LogP contribution >= 0.6 is 0 Å². The number of likely N-dealkylation sites (tertiary alicyclic amines) is 1. The van der Waals surface area contributed by atoms with Crippen molar-refractivity contribution in [3.05, 3.63) is 23.7 Å². The predicted octanol–water partition coefficient (Wildman–Crippen LogP) is 1.36. The minimum absolute atomic E-state index is 0.00739. The molecule has 1 unspecified atom stereocenters. The topological polar surface area (TPSA) is 99.9 Å². The Balaban J connectivity index is 2.00. The van der Waals surface area contributed by atoms with Gasteiger partial charge in [-0.05, 0) is 19.3 Å². The fourth-order valence-electron chi connectivity index (χ4n) is 2.48. The van der Waals surface area contributed by atoms with Gasteiger partial charge in [0.05, 0.1) is 11.5 Å². The van der Waals surface area contributed by atoms with Gasteiger partial charge in [0.1, 0.15) is 6.26 Å². The van der Waals surface area contributed by atoms with Gasteiger partial charge in [0.25, 0.3) is 5.91 Å². The molecule has 1 aromatic rings. The average Bonchev–Trinajstić information content (AvgIpc) is 3.02. The Hall–Kier alpha value is -2.31. The molecule has 1 atom stereocenters. The summed E-state index contributed by atoms with van der Waals surface area (Å²) in [5, 5.41) is 11.7. The first-order valence-corrected chi connectivity index (χ1v) is 7.41. The summed E-state index contributed by atoms with van der Waals surface area (Å²) in [6.45, 7) is 3.48. The molecule has 2 rings (SSSR count). The number of nitrogens with one attached hydrogen (secondary N) is 1. The van der Waals surface area contributed by atoms with E-state index < -0.39 is 5.97 Å². The van der Waals surface area contributed by atoms with E-state index in [1.807, 2.05) is 6.92 Å². The number of hydrogen-bond donors (Lipinski definition) is 2. The number of nitrogens with zero attached hydrogens (tertiary/aromatic N) is 1. The van der Waals surface area contributed by atoms with E-state index in [2.05, 4.69) is 5.32 Å². The lowest BCUT2D eigenvalue weighted by Crippen LogP contribution is -2.45. The summed E-state index contributed by atoms with van der Waals surface area (Å²) in [6.07, 6.45) is 3.40. The van der Waals surface area contributed by atoms with Crippen LogP contribution in [0.5, 0.6) is 0 Å². The van der Waals surface area contributed by atoms with Crippen molar-refractivity contribution in [1.82, 2.24) is 10.2 Å². The number of piperidine rings is 1. The number of hydrogen-bond acceptors (Lipinski definition) is 4. The molecule has 2 amide bonds. The van der Waals surface area contributed by atoms with Crippen molar-refractivity contribution in [2.75, 3.05) is 19.6 Å².